The molecule has 0 N–H and O–H groups in total. The van der Waals surface area contributed by atoms with Crippen LogP contribution in [0.25, 0.3) is 0 Å². The van der Waals surface area contributed by atoms with Gasteiger partial charge in [0.1, 0.15) is 0 Å². The molecule has 0 aliphatic carbocycles. The third-order valence-corrected chi connectivity index (χ3v) is 4.46. The molecule has 0 saturated carbocycles. The second kappa shape index (κ2) is 7.85. The average Bonchev–Trinajstić information content (AvgIpc) is 2.54. The van der Waals surface area contributed by atoms with Gasteiger partial charge in [0, 0.05) is 5.02 Å². The molecule has 0 bridgehead atoms. The fourth-order valence-electron chi connectivity index (χ4n) is 2.48. The molecule has 0 saturated heterocycles. The number of carbonyl (C=O) groups is 1. The second-order valence-corrected chi connectivity index (χ2v) is 7.64. The molecule has 0 spiro atoms. The Kier molecular flexibility index (Phi) is 6.06. The molecule has 24 heavy (non-hydrogen) atoms. The van der Waals surface area contributed by atoms with Gasteiger partial charge in [0.2, 0.25) is 0 Å². The van der Waals surface area contributed by atoms with Crippen molar-refractivity contribution in [1.29, 1.82) is 0 Å². The van der Waals surface area contributed by atoms with Gasteiger partial charge in [-0.25, -0.2) is 4.79 Å². The van der Waals surface area contributed by atoms with E-state index in [9.17, 15) is 4.79 Å². The number of halogens is 1. The monoisotopic (exact) mass is 344 g/mol. The first-order valence-corrected chi connectivity index (χ1v) is 8.68. The highest BCUT2D eigenvalue weighted by atomic mass is 35.5. The van der Waals surface area contributed by atoms with Gasteiger partial charge in [-0.05, 0) is 53.1 Å². The summed E-state index contributed by atoms with van der Waals surface area (Å²) in [6.07, 6.45) is 0.785. The third-order valence-electron chi connectivity index (χ3n) is 4.21. The minimum atomic E-state index is -0.265. The highest BCUT2D eigenvalue weighted by Crippen LogP contribution is 2.23. The molecular weight excluding hydrogens is 320 g/mol. The van der Waals surface area contributed by atoms with E-state index < -0.39 is 0 Å². The van der Waals surface area contributed by atoms with Gasteiger partial charge in [-0.2, -0.15) is 0 Å². The molecule has 0 radical (unpaired) electrons. The van der Waals surface area contributed by atoms with Crippen LogP contribution >= 0.6 is 11.6 Å². The van der Waals surface area contributed by atoms with E-state index in [-0.39, 0.29) is 11.4 Å². The van der Waals surface area contributed by atoms with Gasteiger partial charge >= 0.3 is 5.97 Å². The summed E-state index contributed by atoms with van der Waals surface area (Å²) >= 11 is 5.90. The van der Waals surface area contributed by atoms with Crippen molar-refractivity contribution >= 4 is 17.6 Å². The Labute approximate surface area is 149 Å². The number of carbonyl (C=O) groups excluding carboxylic acids is 1. The largest absolute Gasteiger partial charge is 0.462 e. The van der Waals surface area contributed by atoms with E-state index in [4.69, 9.17) is 16.3 Å². The Morgan fingerprint density at radius 3 is 2.17 bits per heavy atom. The quantitative estimate of drug-likeness (QED) is 0.623. The SMILES string of the molecule is CC(CCOC(=O)c1ccc(C(C)(C)C)cc1)c1ccc(Cl)cc1. The Morgan fingerprint density at radius 2 is 1.62 bits per heavy atom. The van der Waals surface area contributed by atoms with E-state index in [1.165, 1.54) is 11.1 Å². The fourth-order valence-corrected chi connectivity index (χ4v) is 2.60. The molecule has 1 unspecified atom stereocenters. The highest BCUT2D eigenvalue weighted by Gasteiger charge is 2.15. The van der Waals surface area contributed by atoms with E-state index in [0.717, 1.165) is 11.4 Å². The lowest BCUT2D eigenvalue weighted by atomic mass is 9.87. The van der Waals surface area contributed by atoms with E-state index >= 15 is 0 Å². The number of hydrogen-bond donors (Lipinski definition) is 0. The van der Waals surface area contributed by atoms with Gasteiger partial charge in [0.25, 0.3) is 0 Å². The predicted octanol–water partition coefficient (Wildman–Crippen LogP) is 5.99. The highest BCUT2D eigenvalue weighted by molar-refractivity contribution is 6.30. The smallest absolute Gasteiger partial charge is 0.338 e. The minimum Gasteiger partial charge on any atom is -0.462 e. The summed E-state index contributed by atoms with van der Waals surface area (Å²) < 4.78 is 5.40. The molecular formula is C21H25ClO2. The zero-order valence-electron chi connectivity index (χ0n) is 14.8. The van der Waals surface area contributed by atoms with E-state index in [1.54, 1.807) is 0 Å². The van der Waals surface area contributed by atoms with E-state index in [0.29, 0.717) is 18.1 Å². The van der Waals surface area contributed by atoms with Crippen LogP contribution in [-0.4, -0.2) is 12.6 Å². The minimum absolute atomic E-state index is 0.0798. The maximum Gasteiger partial charge on any atom is 0.338 e. The van der Waals surface area contributed by atoms with Crippen LogP contribution in [0, 0.1) is 0 Å². The lowest BCUT2D eigenvalue weighted by Gasteiger charge is -2.19. The summed E-state index contributed by atoms with van der Waals surface area (Å²) in [5.41, 5.74) is 3.08. The van der Waals surface area contributed by atoms with Crippen LogP contribution in [0.5, 0.6) is 0 Å². The fraction of sp³-hybridized carbons (Fsp3) is 0.381. The van der Waals surface area contributed by atoms with E-state index in [1.807, 2.05) is 48.5 Å². The Hall–Kier alpha value is -1.80. The summed E-state index contributed by atoms with van der Waals surface area (Å²) in [5.74, 6) is 0.0529. The van der Waals surface area contributed by atoms with E-state index in [2.05, 4.69) is 27.7 Å². The van der Waals surface area contributed by atoms with Crippen LogP contribution in [0.1, 0.15) is 61.5 Å². The first-order valence-electron chi connectivity index (χ1n) is 8.30. The standard InChI is InChI=1S/C21H25ClO2/c1-15(16-7-11-19(22)12-8-16)13-14-24-20(23)17-5-9-18(10-6-17)21(2,3)4/h5-12,15H,13-14H2,1-4H3. The molecule has 0 aliphatic rings. The molecule has 2 aromatic rings. The topological polar surface area (TPSA) is 26.3 Å². The lowest BCUT2D eigenvalue weighted by Crippen LogP contribution is -2.12. The summed E-state index contributed by atoms with van der Waals surface area (Å²) in [4.78, 5) is 12.1. The zero-order chi connectivity index (χ0) is 17.7. The van der Waals surface area contributed by atoms with Crippen LogP contribution < -0.4 is 0 Å². The first kappa shape index (κ1) is 18.5. The number of rotatable bonds is 5. The normalized spacial score (nSPS) is 12.7. The molecule has 2 aromatic carbocycles. The van der Waals surface area contributed by atoms with Crippen LogP contribution in [-0.2, 0) is 10.2 Å². The molecule has 0 fully saturated rings. The lowest BCUT2D eigenvalue weighted by molar-refractivity contribution is 0.0494. The molecule has 0 heterocycles. The van der Waals surface area contributed by atoms with Crippen molar-refractivity contribution in [2.24, 2.45) is 0 Å². The zero-order valence-corrected chi connectivity index (χ0v) is 15.6. The number of esters is 1. The van der Waals surface area contributed by atoms with Crippen LogP contribution in [0.3, 0.4) is 0 Å². The number of benzene rings is 2. The number of hydrogen-bond acceptors (Lipinski definition) is 2. The molecule has 2 nitrogen and oxygen atoms in total. The molecule has 0 aromatic heterocycles. The summed E-state index contributed by atoms with van der Waals surface area (Å²) in [6.45, 7) is 8.98. The Morgan fingerprint density at radius 1 is 1.04 bits per heavy atom. The van der Waals surface area contributed by atoms with Crippen molar-refractivity contribution in [3.63, 3.8) is 0 Å². The third kappa shape index (κ3) is 5.10. The Balaban J connectivity index is 1.85. The van der Waals surface area contributed by atoms with Gasteiger partial charge < -0.3 is 4.74 Å². The van der Waals surface area contributed by atoms with Gasteiger partial charge in [-0.15, -0.1) is 0 Å². The van der Waals surface area contributed by atoms with Crippen molar-refractivity contribution in [1.82, 2.24) is 0 Å². The number of ether oxygens (including phenoxy) is 1. The maximum atomic E-state index is 12.1. The van der Waals surface area contributed by atoms with Crippen LogP contribution in [0.2, 0.25) is 5.02 Å². The van der Waals surface area contributed by atoms with Crippen LogP contribution in [0.15, 0.2) is 48.5 Å². The molecule has 3 heteroatoms. The first-order chi connectivity index (χ1) is 11.3. The molecule has 0 aliphatic heterocycles. The van der Waals surface area contributed by atoms with Gasteiger partial charge in [0.05, 0.1) is 12.2 Å². The van der Waals surface area contributed by atoms with Crippen molar-refractivity contribution < 1.29 is 9.53 Å². The Bertz CT molecular complexity index is 666. The van der Waals surface area contributed by atoms with Gasteiger partial charge in [-0.3, -0.25) is 0 Å². The molecule has 2 rings (SSSR count). The van der Waals surface area contributed by atoms with Crippen molar-refractivity contribution in [2.45, 2.75) is 45.4 Å². The van der Waals surface area contributed by atoms with Crippen molar-refractivity contribution in [3.05, 3.63) is 70.2 Å². The summed E-state index contributed by atoms with van der Waals surface area (Å²) in [6, 6.07) is 15.5. The summed E-state index contributed by atoms with van der Waals surface area (Å²) in [7, 11) is 0. The van der Waals surface area contributed by atoms with Gasteiger partial charge in [0.15, 0.2) is 0 Å². The molecule has 128 valence electrons. The molecule has 0 amide bonds. The molecule has 1 atom stereocenters. The summed E-state index contributed by atoms with van der Waals surface area (Å²) in [5, 5.41) is 0.732. The van der Waals surface area contributed by atoms with Crippen molar-refractivity contribution in [2.75, 3.05) is 6.61 Å². The second-order valence-electron chi connectivity index (χ2n) is 7.20. The predicted molar refractivity (Wildman–Crippen MR) is 99.9 cm³/mol. The average molecular weight is 345 g/mol. The van der Waals surface area contributed by atoms with Crippen LogP contribution in [0.4, 0.5) is 0 Å². The van der Waals surface area contributed by atoms with Crippen molar-refractivity contribution in [3.8, 4) is 0 Å². The maximum absolute atomic E-state index is 12.1. The van der Waals surface area contributed by atoms with Gasteiger partial charge in [-0.1, -0.05) is 63.6 Å².